The van der Waals surface area contributed by atoms with Gasteiger partial charge in [0.05, 0.1) is 11.7 Å². The van der Waals surface area contributed by atoms with E-state index in [0.29, 0.717) is 18.2 Å². The molecule has 1 aromatic heterocycles. The van der Waals surface area contributed by atoms with Crippen molar-refractivity contribution in [2.75, 3.05) is 0 Å². The molecule has 0 saturated carbocycles. The zero-order valence-electron chi connectivity index (χ0n) is 19.3. The minimum absolute atomic E-state index is 0.0505. The number of ether oxygens (including phenoxy) is 1. The van der Waals surface area contributed by atoms with Crippen molar-refractivity contribution >= 4 is 11.7 Å². The van der Waals surface area contributed by atoms with E-state index in [1.165, 1.54) is 16.7 Å². The Morgan fingerprint density at radius 3 is 2.50 bits per heavy atom. The molecule has 2 rings (SSSR count). The Labute approximate surface area is 186 Å². The smallest absolute Gasteiger partial charge is 0.350 e. The van der Waals surface area contributed by atoms with Gasteiger partial charge in [-0.05, 0) is 37.6 Å². The number of carbonyl (C=O) groups excluding carboxylic acids is 1. The summed E-state index contributed by atoms with van der Waals surface area (Å²) >= 11 is 0. The molecule has 10 heteroatoms. The van der Waals surface area contributed by atoms with Crippen LogP contribution >= 0.6 is 0 Å². The largest absolute Gasteiger partial charge is 0.490 e. The molecule has 0 bridgehead atoms. The van der Waals surface area contributed by atoms with Gasteiger partial charge in [-0.1, -0.05) is 27.7 Å². The van der Waals surface area contributed by atoms with Gasteiger partial charge in [-0.3, -0.25) is 14.8 Å². The molecule has 1 amide bonds. The Morgan fingerprint density at radius 2 is 1.97 bits per heavy atom. The van der Waals surface area contributed by atoms with Gasteiger partial charge in [-0.15, -0.1) is 5.10 Å². The molecule has 1 heterocycles. The molecule has 1 unspecified atom stereocenters. The van der Waals surface area contributed by atoms with Crippen molar-refractivity contribution in [1.29, 1.82) is 5.41 Å². The molecule has 0 aliphatic rings. The molecule has 0 spiro atoms. The predicted octanol–water partition coefficient (Wildman–Crippen LogP) is 2.83. The first-order valence-corrected chi connectivity index (χ1v) is 10.4. The summed E-state index contributed by atoms with van der Waals surface area (Å²) in [7, 11) is 1.57. The topological polar surface area (TPSA) is 128 Å². The first-order valence-electron chi connectivity index (χ1n) is 10.4. The number of amides is 1. The van der Waals surface area contributed by atoms with Gasteiger partial charge in [0.1, 0.15) is 28.9 Å². The lowest BCUT2D eigenvalue weighted by atomic mass is 10.1. The number of amidine groups is 1. The third-order valence-electron chi connectivity index (χ3n) is 4.70. The summed E-state index contributed by atoms with van der Waals surface area (Å²) in [6, 6.07) is 2.28. The maximum absolute atomic E-state index is 15.1. The van der Waals surface area contributed by atoms with Crippen molar-refractivity contribution in [1.82, 2.24) is 19.7 Å². The van der Waals surface area contributed by atoms with Crippen LogP contribution in [0.5, 0.6) is 5.75 Å². The van der Waals surface area contributed by atoms with Crippen molar-refractivity contribution in [2.24, 2.45) is 18.7 Å². The number of nitrogens with zero attached hydrogens (tertiary/aromatic N) is 3. The van der Waals surface area contributed by atoms with Gasteiger partial charge in [-0.25, -0.2) is 9.18 Å². The van der Waals surface area contributed by atoms with E-state index >= 15 is 4.39 Å². The lowest BCUT2D eigenvalue weighted by molar-refractivity contribution is 0.0968. The van der Waals surface area contributed by atoms with Crippen LogP contribution in [0.15, 0.2) is 29.2 Å². The SMILES string of the molecule is CC(C)CC(C)Oc1cc(-n2nc(C(C)C)n(C)c2=O)c(F)cc1C(=O)NC(=N)/C=C\N. The van der Waals surface area contributed by atoms with Crippen LogP contribution in [-0.2, 0) is 7.05 Å². The minimum atomic E-state index is -0.824. The standard InChI is InChI=1S/C22H31FN6O3/c1-12(2)9-14(5)32-18-11-17(29-22(31)28(6)20(27-29)13(3)4)16(23)10-15(18)21(30)26-19(25)7-8-24/h7-8,10-14H,9,24H2,1-6H3,(H2,25,26,30)/b8-7-. The zero-order chi connectivity index (χ0) is 24.2. The second kappa shape index (κ2) is 10.3. The Morgan fingerprint density at radius 1 is 1.31 bits per heavy atom. The van der Waals surface area contributed by atoms with E-state index in [1.54, 1.807) is 7.05 Å². The average molecular weight is 447 g/mol. The molecular formula is C22H31FN6O3. The Hall–Kier alpha value is -3.43. The fourth-order valence-corrected chi connectivity index (χ4v) is 3.35. The van der Waals surface area contributed by atoms with Gasteiger partial charge in [-0.2, -0.15) is 4.68 Å². The summed E-state index contributed by atoms with van der Waals surface area (Å²) in [5, 5.41) is 14.3. The summed E-state index contributed by atoms with van der Waals surface area (Å²) in [6.45, 7) is 9.66. The number of carbonyl (C=O) groups is 1. The maximum atomic E-state index is 15.1. The Bertz CT molecular complexity index is 1080. The van der Waals surface area contributed by atoms with Crippen molar-refractivity contribution in [2.45, 2.75) is 53.1 Å². The number of aromatic nitrogens is 3. The predicted molar refractivity (Wildman–Crippen MR) is 121 cm³/mol. The molecule has 32 heavy (non-hydrogen) atoms. The number of hydrogen-bond acceptors (Lipinski definition) is 6. The molecule has 0 saturated heterocycles. The number of rotatable bonds is 8. The molecule has 1 aromatic carbocycles. The first kappa shape index (κ1) is 24.8. The van der Waals surface area contributed by atoms with E-state index in [1.807, 2.05) is 34.6 Å². The van der Waals surface area contributed by atoms with Crippen molar-refractivity contribution in [3.63, 3.8) is 0 Å². The van der Waals surface area contributed by atoms with E-state index in [-0.39, 0.29) is 34.9 Å². The highest BCUT2D eigenvalue weighted by atomic mass is 19.1. The van der Waals surface area contributed by atoms with Gasteiger partial charge >= 0.3 is 5.69 Å². The van der Waals surface area contributed by atoms with Gasteiger partial charge in [0, 0.05) is 19.0 Å². The zero-order valence-corrected chi connectivity index (χ0v) is 19.3. The van der Waals surface area contributed by atoms with Crippen LogP contribution < -0.4 is 21.5 Å². The highest BCUT2D eigenvalue weighted by Crippen LogP contribution is 2.27. The first-order chi connectivity index (χ1) is 15.0. The third kappa shape index (κ3) is 5.63. The number of hydrogen-bond donors (Lipinski definition) is 3. The summed E-state index contributed by atoms with van der Waals surface area (Å²) < 4.78 is 23.4. The lowest BCUT2D eigenvalue weighted by Crippen LogP contribution is -2.30. The molecule has 1 atom stereocenters. The third-order valence-corrected chi connectivity index (χ3v) is 4.70. The molecular weight excluding hydrogens is 415 g/mol. The van der Waals surface area contributed by atoms with Crippen LogP contribution in [0.4, 0.5) is 4.39 Å². The van der Waals surface area contributed by atoms with Crippen LogP contribution in [-0.4, -0.2) is 32.2 Å². The molecule has 2 aromatic rings. The molecule has 0 aliphatic heterocycles. The summed E-state index contributed by atoms with van der Waals surface area (Å²) in [5.74, 6) is -0.959. The molecule has 9 nitrogen and oxygen atoms in total. The van der Waals surface area contributed by atoms with Crippen LogP contribution in [0.2, 0.25) is 0 Å². The average Bonchev–Trinajstić information content (AvgIpc) is 2.97. The van der Waals surface area contributed by atoms with Crippen molar-refractivity contribution in [3.8, 4) is 11.4 Å². The number of halogens is 1. The fraction of sp³-hybridized carbons (Fsp3) is 0.455. The normalized spacial score (nSPS) is 12.5. The molecule has 0 aliphatic carbocycles. The minimum Gasteiger partial charge on any atom is -0.490 e. The second-order valence-corrected chi connectivity index (χ2v) is 8.35. The number of nitrogens with one attached hydrogen (secondary N) is 2. The van der Waals surface area contributed by atoms with Crippen molar-refractivity contribution < 1.29 is 13.9 Å². The fourth-order valence-electron chi connectivity index (χ4n) is 3.35. The number of nitrogens with two attached hydrogens (primary N) is 1. The van der Waals surface area contributed by atoms with Crippen LogP contribution in [0.25, 0.3) is 5.69 Å². The van der Waals surface area contributed by atoms with Crippen LogP contribution in [0, 0.1) is 17.1 Å². The monoisotopic (exact) mass is 446 g/mol. The van der Waals surface area contributed by atoms with Gasteiger partial charge < -0.3 is 15.8 Å². The second-order valence-electron chi connectivity index (χ2n) is 8.35. The van der Waals surface area contributed by atoms with Crippen LogP contribution in [0.1, 0.15) is 63.1 Å². The molecule has 4 N–H and O–H groups in total. The van der Waals surface area contributed by atoms with E-state index in [4.69, 9.17) is 15.9 Å². The van der Waals surface area contributed by atoms with Gasteiger partial charge in [0.2, 0.25) is 0 Å². The van der Waals surface area contributed by atoms with E-state index in [2.05, 4.69) is 10.4 Å². The highest BCUT2D eigenvalue weighted by Gasteiger charge is 2.23. The quantitative estimate of drug-likeness (QED) is 0.424. The summed E-state index contributed by atoms with van der Waals surface area (Å²) in [4.78, 5) is 25.4. The van der Waals surface area contributed by atoms with Gasteiger partial charge in [0.25, 0.3) is 5.91 Å². The van der Waals surface area contributed by atoms with E-state index in [9.17, 15) is 9.59 Å². The molecule has 0 fully saturated rings. The van der Waals surface area contributed by atoms with Crippen LogP contribution in [0.3, 0.4) is 0 Å². The van der Waals surface area contributed by atoms with Gasteiger partial charge in [0.15, 0.2) is 0 Å². The Kier molecular flexibility index (Phi) is 7.96. The summed E-state index contributed by atoms with van der Waals surface area (Å²) in [5.41, 5.74) is 4.50. The van der Waals surface area contributed by atoms with E-state index < -0.39 is 17.4 Å². The maximum Gasteiger partial charge on any atom is 0.350 e. The lowest BCUT2D eigenvalue weighted by Gasteiger charge is -2.20. The molecule has 174 valence electrons. The summed E-state index contributed by atoms with van der Waals surface area (Å²) in [6.07, 6.45) is 2.70. The molecule has 0 radical (unpaired) electrons. The van der Waals surface area contributed by atoms with E-state index in [0.717, 1.165) is 16.9 Å². The highest BCUT2D eigenvalue weighted by molar-refractivity contribution is 6.10. The number of benzene rings is 1. The van der Waals surface area contributed by atoms with Crippen molar-refractivity contribution in [3.05, 3.63) is 52.1 Å². The Balaban J connectivity index is 2.61.